The first-order valence-corrected chi connectivity index (χ1v) is 6.70. The van der Waals surface area contributed by atoms with Crippen molar-refractivity contribution in [2.45, 2.75) is 30.6 Å². The van der Waals surface area contributed by atoms with Crippen LogP contribution in [0.1, 0.15) is 20.8 Å². The number of thioether (sulfide) groups is 1. The molecule has 0 spiro atoms. The van der Waals surface area contributed by atoms with Crippen molar-refractivity contribution in [2.24, 2.45) is 0 Å². The average molecular weight is 270 g/mol. The molecule has 5 nitrogen and oxygen atoms in total. The molecule has 0 saturated heterocycles. The number of hydrogen-bond acceptors (Lipinski definition) is 5. The molecule has 0 fully saturated rings. The summed E-state index contributed by atoms with van der Waals surface area (Å²) in [5, 5.41) is 13.6. The van der Waals surface area contributed by atoms with Gasteiger partial charge in [0.2, 0.25) is 5.13 Å². The standard InChI is InChI=1S/C10H14N4OS2/c1-5-6-16-9-14-13-8(17-9)11-7(15)12-10(2,3)4/h1H,6H2,2-4H3,(H2,11,12,13,15). The van der Waals surface area contributed by atoms with E-state index in [1.54, 1.807) is 0 Å². The Kier molecular flexibility index (Phi) is 4.78. The van der Waals surface area contributed by atoms with E-state index in [4.69, 9.17) is 6.42 Å². The molecule has 0 unspecified atom stereocenters. The van der Waals surface area contributed by atoms with Gasteiger partial charge < -0.3 is 5.32 Å². The zero-order valence-corrected chi connectivity index (χ0v) is 11.5. The molecule has 0 aromatic carbocycles. The Bertz CT molecular complexity index is 430. The third kappa shape index (κ3) is 5.56. The molecular formula is C10H14N4OS2. The van der Waals surface area contributed by atoms with Crippen LogP contribution >= 0.6 is 23.1 Å². The Hall–Kier alpha value is -1.26. The Morgan fingerprint density at radius 1 is 1.53 bits per heavy atom. The first-order valence-electron chi connectivity index (χ1n) is 4.89. The maximum absolute atomic E-state index is 11.5. The van der Waals surface area contributed by atoms with Crippen LogP contribution in [0.25, 0.3) is 0 Å². The van der Waals surface area contributed by atoms with Crippen molar-refractivity contribution in [1.29, 1.82) is 0 Å². The predicted octanol–water partition coefficient (Wildman–Crippen LogP) is 2.18. The van der Waals surface area contributed by atoms with Gasteiger partial charge in [-0.3, -0.25) is 5.32 Å². The molecular weight excluding hydrogens is 256 g/mol. The number of carbonyl (C=O) groups excluding carboxylic acids is 1. The summed E-state index contributed by atoms with van der Waals surface area (Å²) < 4.78 is 0.744. The minimum Gasteiger partial charge on any atom is -0.333 e. The quantitative estimate of drug-likeness (QED) is 0.502. The molecule has 0 atom stereocenters. The van der Waals surface area contributed by atoms with Gasteiger partial charge in [-0.15, -0.1) is 16.6 Å². The van der Waals surface area contributed by atoms with Crippen LogP contribution in [0.3, 0.4) is 0 Å². The van der Waals surface area contributed by atoms with Gasteiger partial charge in [-0.1, -0.05) is 29.0 Å². The van der Waals surface area contributed by atoms with Gasteiger partial charge in [0.05, 0.1) is 5.75 Å². The second-order valence-electron chi connectivity index (χ2n) is 4.20. The average Bonchev–Trinajstić information content (AvgIpc) is 2.59. The minimum absolute atomic E-state index is 0.282. The fraction of sp³-hybridized carbons (Fsp3) is 0.500. The molecule has 92 valence electrons. The maximum Gasteiger partial charge on any atom is 0.321 e. The Labute approximate surface area is 109 Å². The van der Waals surface area contributed by atoms with Crippen LogP contribution in [0, 0.1) is 12.3 Å². The number of hydrogen-bond donors (Lipinski definition) is 2. The van der Waals surface area contributed by atoms with Gasteiger partial charge in [-0.05, 0) is 20.8 Å². The summed E-state index contributed by atoms with van der Waals surface area (Å²) in [7, 11) is 0. The molecule has 0 aliphatic heterocycles. The summed E-state index contributed by atoms with van der Waals surface area (Å²) in [6, 6.07) is -0.290. The molecule has 1 rings (SSSR count). The summed E-state index contributed by atoms with van der Waals surface area (Å²) >= 11 is 2.72. The lowest BCUT2D eigenvalue weighted by molar-refractivity contribution is 0.244. The number of urea groups is 1. The zero-order valence-electron chi connectivity index (χ0n) is 9.90. The molecule has 2 N–H and O–H groups in total. The first-order chi connectivity index (χ1) is 7.90. The maximum atomic E-state index is 11.5. The van der Waals surface area contributed by atoms with E-state index in [1.165, 1.54) is 23.1 Å². The van der Waals surface area contributed by atoms with Crippen LogP contribution in [0.4, 0.5) is 9.93 Å². The van der Waals surface area contributed by atoms with Crippen LogP contribution in [0.5, 0.6) is 0 Å². The Balaban J connectivity index is 2.49. The molecule has 1 aromatic heterocycles. The zero-order chi connectivity index (χ0) is 12.9. The van der Waals surface area contributed by atoms with Crippen molar-refractivity contribution < 1.29 is 4.79 Å². The number of carbonyl (C=O) groups is 1. The molecule has 0 saturated carbocycles. The molecule has 7 heteroatoms. The van der Waals surface area contributed by atoms with E-state index >= 15 is 0 Å². The van der Waals surface area contributed by atoms with Gasteiger partial charge in [-0.25, -0.2) is 4.79 Å². The summed E-state index contributed by atoms with van der Waals surface area (Å²) in [6.45, 7) is 5.71. The third-order valence-corrected chi connectivity index (χ3v) is 3.27. The van der Waals surface area contributed by atoms with E-state index in [0.29, 0.717) is 10.9 Å². The summed E-state index contributed by atoms with van der Waals surface area (Å²) in [5.41, 5.74) is -0.282. The lowest BCUT2D eigenvalue weighted by Gasteiger charge is -2.19. The van der Waals surface area contributed by atoms with E-state index < -0.39 is 0 Å². The molecule has 2 amide bonds. The summed E-state index contributed by atoms with van der Waals surface area (Å²) in [5.74, 6) is 3.04. The fourth-order valence-corrected chi connectivity index (χ4v) is 2.32. The highest BCUT2D eigenvalue weighted by atomic mass is 32.2. The molecule has 0 aliphatic carbocycles. The van der Waals surface area contributed by atoms with Gasteiger partial charge in [-0.2, -0.15) is 0 Å². The van der Waals surface area contributed by atoms with Crippen molar-refractivity contribution in [1.82, 2.24) is 15.5 Å². The summed E-state index contributed by atoms with van der Waals surface area (Å²) in [4.78, 5) is 11.5. The van der Waals surface area contributed by atoms with Crippen LogP contribution in [0.2, 0.25) is 0 Å². The largest absolute Gasteiger partial charge is 0.333 e. The molecule has 0 radical (unpaired) electrons. The number of nitrogens with one attached hydrogen (secondary N) is 2. The number of terminal acetylenes is 1. The summed E-state index contributed by atoms with van der Waals surface area (Å²) in [6.07, 6.45) is 5.14. The predicted molar refractivity (Wildman–Crippen MR) is 71.4 cm³/mol. The number of aromatic nitrogens is 2. The topological polar surface area (TPSA) is 66.9 Å². The smallest absolute Gasteiger partial charge is 0.321 e. The normalized spacial score (nSPS) is 10.7. The number of rotatable bonds is 3. The Morgan fingerprint density at radius 3 is 2.82 bits per heavy atom. The second kappa shape index (κ2) is 5.89. The van der Waals surface area contributed by atoms with Crippen molar-refractivity contribution in [3.63, 3.8) is 0 Å². The van der Waals surface area contributed by atoms with E-state index in [-0.39, 0.29) is 11.6 Å². The third-order valence-electron chi connectivity index (χ3n) is 1.39. The van der Waals surface area contributed by atoms with Crippen molar-refractivity contribution in [2.75, 3.05) is 11.1 Å². The van der Waals surface area contributed by atoms with Crippen molar-refractivity contribution in [3.05, 3.63) is 0 Å². The van der Waals surface area contributed by atoms with Crippen molar-refractivity contribution >= 4 is 34.3 Å². The van der Waals surface area contributed by atoms with Crippen LogP contribution in [-0.4, -0.2) is 27.5 Å². The Morgan fingerprint density at radius 2 is 2.24 bits per heavy atom. The number of anilines is 1. The lowest BCUT2D eigenvalue weighted by Crippen LogP contribution is -2.43. The van der Waals surface area contributed by atoms with E-state index in [0.717, 1.165) is 4.34 Å². The number of amides is 2. The van der Waals surface area contributed by atoms with E-state index in [2.05, 4.69) is 26.8 Å². The molecule has 0 aliphatic rings. The van der Waals surface area contributed by atoms with Crippen LogP contribution < -0.4 is 10.6 Å². The molecule has 0 bridgehead atoms. The van der Waals surface area contributed by atoms with Gasteiger partial charge in [0.15, 0.2) is 4.34 Å². The molecule has 1 aromatic rings. The van der Waals surface area contributed by atoms with E-state index in [1.807, 2.05) is 20.8 Å². The monoisotopic (exact) mass is 270 g/mol. The lowest BCUT2D eigenvalue weighted by atomic mass is 10.1. The van der Waals surface area contributed by atoms with Crippen molar-refractivity contribution in [3.8, 4) is 12.3 Å². The van der Waals surface area contributed by atoms with Gasteiger partial charge in [0.1, 0.15) is 0 Å². The minimum atomic E-state index is -0.290. The van der Waals surface area contributed by atoms with E-state index in [9.17, 15) is 4.79 Å². The highest BCUT2D eigenvalue weighted by Crippen LogP contribution is 2.24. The van der Waals surface area contributed by atoms with Gasteiger partial charge in [0.25, 0.3) is 0 Å². The van der Waals surface area contributed by atoms with Gasteiger partial charge >= 0.3 is 6.03 Å². The highest BCUT2D eigenvalue weighted by Gasteiger charge is 2.15. The van der Waals surface area contributed by atoms with Gasteiger partial charge in [0, 0.05) is 5.54 Å². The fourth-order valence-electron chi connectivity index (χ4n) is 0.891. The first kappa shape index (κ1) is 13.8. The van der Waals surface area contributed by atoms with Crippen LogP contribution in [-0.2, 0) is 0 Å². The SMILES string of the molecule is C#CCSc1nnc(NC(=O)NC(C)(C)C)s1. The number of nitrogens with zero attached hydrogens (tertiary/aromatic N) is 2. The second-order valence-corrected chi connectivity index (χ2v) is 6.40. The van der Waals surface area contributed by atoms with Crippen LogP contribution in [0.15, 0.2) is 4.34 Å². The highest BCUT2D eigenvalue weighted by molar-refractivity contribution is 8.01. The molecule has 17 heavy (non-hydrogen) atoms. The molecule has 1 heterocycles.